The summed E-state index contributed by atoms with van der Waals surface area (Å²) in [6.45, 7) is 3.99. The summed E-state index contributed by atoms with van der Waals surface area (Å²) < 4.78 is 39.2. The number of sulfonamides is 1. The first-order valence-corrected chi connectivity index (χ1v) is 13.0. The summed E-state index contributed by atoms with van der Waals surface area (Å²) in [6.07, 6.45) is 3.37. The number of amides is 1. The van der Waals surface area contributed by atoms with Gasteiger partial charge in [0.25, 0.3) is 15.9 Å². The molecule has 190 valence electrons. The number of anilines is 2. The summed E-state index contributed by atoms with van der Waals surface area (Å²) in [5.74, 6) is 0.820. The number of aromatic nitrogens is 2. The van der Waals surface area contributed by atoms with Crippen LogP contribution in [0.2, 0.25) is 5.02 Å². The standard InChI is InChI=1S/C24H26ClN5O5S/c1-16-5-6-17(28-36(32,33)22-14-19(25)20(34-2)15-21(22)35-3)13-18(16)23(31)29-9-11-30(12-10-29)24-26-7-4-8-27-24/h4-8,13-15,28H,9-12H2,1-3H3. The summed E-state index contributed by atoms with van der Waals surface area (Å²) in [5, 5.41) is 0.124. The van der Waals surface area contributed by atoms with Crippen LogP contribution in [0.5, 0.6) is 11.5 Å². The smallest absolute Gasteiger partial charge is 0.265 e. The van der Waals surface area contributed by atoms with Gasteiger partial charge in [0.05, 0.1) is 19.2 Å². The molecule has 0 atom stereocenters. The lowest BCUT2D eigenvalue weighted by Gasteiger charge is -2.35. The Morgan fingerprint density at radius 3 is 2.31 bits per heavy atom. The van der Waals surface area contributed by atoms with Crippen LogP contribution in [0.4, 0.5) is 11.6 Å². The van der Waals surface area contributed by atoms with E-state index in [4.69, 9.17) is 21.1 Å². The second kappa shape index (κ2) is 10.6. The molecule has 36 heavy (non-hydrogen) atoms. The van der Waals surface area contributed by atoms with E-state index in [9.17, 15) is 13.2 Å². The maximum absolute atomic E-state index is 13.3. The fourth-order valence-corrected chi connectivity index (χ4v) is 5.44. The Balaban J connectivity index is 1.53. The van der Waals surface area contributed by atoms with Crippen LogP contribution in [0.1, 0.15) is 15.9 Å². The number of carbonyl (C=O) groups is 1. The van der Waals surface area contributed by atoms with Gasteiger partial charge in [-0.1, -0.05) is 17.7 Å². The molecule has 0 aliphatic carbocycles. The van der Waals surface area contributed by atoms with Crippen molar-refractivity contribution in [2.24, 2.45) is 0 Å². The van der Waals surface area contributed by atoms with Crippen molar-refractivity contribution in [1.29, 1.82) is 0 Å². The van der Waals surface area contributed by atoms with Crippen LogP contribution in [0.15, 0.2) is 53.7 Å². The van der Waals surface area contributed by atoms with E-state index >= 15 is 0 Å². The molecule has 12 heteroatoms. The molecule has 0 bridgehead atoms. The number of nitrogens with one attached hydrogen (secondary N) is 1. The molecule has 0 unspecified atom stereocenters. The first-order chi connectivity index (χ1) is 17.2. The van der Waals surface area contributed by atoms with Crippen molar-refractivity contribution in [2.45, 2.75) is 11.8 Å². The van der Waals surface area contributed by atoms with E-state index < -0.39 is 10.0 Å². The highest BCUT2D eigenvalue weighted by molar-refractivity contribution is 7.92. The second-order valence-electron chi connectivity index (χ2n) is 8.10. The van der Waals surface area contributed by atoms with Crippen molar-refractivity contribution >= 4 is 39.2 Å². The highest BCUT2D eigenvalue weighted by Crippen LogP contribution is 2.36. The van der Waals surface area contributed by atoms with Gasteiger partial charge in [0.2, 0.25) is 5.95 Å². The van der Waals surface area contributed by atoms with Crippen molar-refractivity contribution in [3.63, 3.8) is 0 Å². The monoisotopic (exact) mass is 531 g/mol. The Hall–Kier alpha value is -3.57. The van der Waals surface area contributed by atoms with Gasteiger partial charge >= 0.3 is 0 Å². The van der Waals surface area contributed by atoms with Crippen molar-refractivity contribution in [1.82, 2.24) is 14.9 Å². The van der Waals surface area contributed by atoms with Gasteiger partial charge in [0, 0.05) is 55.9 Å². The second-order valence-corrected chi connectivity index (χ2v) is 10.2. The number of methoxy groups -OCH3 is 2. The molecular formula is C24H26ClN5O5S. The Bertz CT molecular complexity index is 1360. The zero-order valence-electron chi connectivity index (χ0n) is 20.1. The largest absolute Gasteiger partial charge is 0.495 e. The fraction of sp³-hybridized carbons (Fsp3) is 0.292. The van der Waals surface area contributed by atoms with Crippen LogP contribution in [0, 0.1) is 6.92 Å². The van der Waals surface area contributed by atoms with Crippen molar-refractivity contribution in [2.75, 3.05) is 50.0 Å². The Morgan fingerprint density at radius 1 is 1.00 bits per heavy atom. The number of aryl methyl sites for hydroxylation is 1. The summed E-state index contributed by atoms with van der Waals surface area (Å²) in [6, 6.07) is 9.27. The molecule has 1 aliphatic heterocycles. The van der Waals surface area contributed by atoms with Crippen LogP contribution < -0.4 is 19.1 Å². The SMILES string of the molecule is COc1cc(OC)c(S(=O)(=O)Nc2ccc(C)c(C(=O)N3CCN(c4ncccn4)CC3)c2)cc1Cl. The van der Waals surface area contributed by atoms with Crippen LogP contribution >= 0.6 is 11.6 Å². The van der Waals surface area contributed by atoms with Gasteiger partial charge in [-0.2, -0.15) is 0 Å². The number of ether oxygens (including phenoxy) is 2. The number of nitrogens with zero attached hydrogens (tertiary/aromatic N) is 4. The molecule has 4 rings (SSSR count). The highest BCUT2D eigenvalue weighted by Gasteiger charge is 2.26. The normalized spacial score (nSPS) is 13.9. The molecule has 0 spiro atoms. The Labute approximate surface area is 214 Å². The van der Waals surface area contributed by atoms with E-state index in [0.717, 1.165) is 5.56 Å². The molecule has 10 nitrogen and oxygen atoms in total. The fourth-order valence-electron chi connectivity index (χ4n) is 3.90. The van der Waals surface area contributed by atoms with Crippen molar-refractivity contribution in [3.8, 4) is 11.5 Å². The number of carbonyl (C=O) groups excluding carboxylic acids is 1. The molecule has 1 fully saturated rings. The van der Waals surface area contributed by atoms with Gasteiger partial charge < -0.3 is 19.3 Å². The first-order valence-electron chi connectivity index (χ1n) is 11.1. The average Bonchev–Trinajstić information content (AvgIpc) is 2.89. The van der Waals surface area contributed by atoms with E-state index in [-0.39, 0.29) is 33.0 Å². The van der Waals surface area contributed by atoms with Crippen LogP contribution in [-0.4, -0.2) is 69.6 Å². The van der Waals surface area contributed by atoms with Gasteiger partial charge in [-0.05, 0) is 36.8 Å². The third-order valence-corrected chi connectivity index (χ3v) is 7.55. The Kier molecular flexibility index (Phi) is 7.51. The lowest BCUT2D eigenvalue weighted by atomic mass is 10.1. The lowest BCUT2D eigenvalue weighted by Crippen LogP contribution is -2.49. The zero-order valence-corrected chi connectivity index (χ0v) is 21.6. The molecule has 1 saturated heterocycles. The minimum absolute atomic E-state index is 0.0763. The van der Waals surface area contributed by atoms with Gasteiger partial charge in [0.15, 0.2) is 0 Å². The number of hydrogen-bond donors (Lipinski definition) is 1. The number of benzene rings is 2. The summed E-state index contributed by atoms with van der Waals surface area (Å²) in [4.78, 5) is 25.5. The van der Waals surface area contributed by atoms with Crippen LogP contribution in [-0.2, 0) is 10.0 Å². The molecule has 1 aromatic heterocycles. The molecule has 3 aromatic rings. The quantitative estimate of drug-likeness (QED) is 0.494. The lowest BCUT2D eigenvalue weighted by molar-refractivity contribution is 0.0745. The molecule has 0 radical (unpaired) electrons. The van der Waals surface area contributed by atoms with E-state index in [1.165, 1.54) is 26.4 Å². The molecule has 2 heterocycles. The summed E-state index contributed by atoms with van der Waals surface area (Å²) >= 11 is 6.16. The van der Waals surface area contributed by atoms with Gasteiger partial charge in [0.1, 0.15) is 16.4 Å². The van der Waals surface area contributed by atoms with Crippen LogP contribution in [0.3, 0.4) is 0 Å². The van der Waals surface area contributed by atoms with E-state index in [2.05, 4.69) is 14.7 Å². The number of rotatable bonds is 7. The minimum atomic E-state index is -4.08. The van der Waals surface area contributed by atoms with E-state index in [0.29, 0.717) is 37.7 Å². The molecule has 1 aliphatic rings. The summed E-state index contributed by atoms with van der Waals surface area (Å²) in [7, 11) is -1.30. The molecule has 2 aromatic carbocycles. The van der Waals surface area contributed by atoms with Gasteiger partial charge in [-0.3, -0.25) is 9.52 Å². The third kappa shape index (κ3) is 5.31. The number of piperazine rings is 1. The van der Waals surface area contributed by atoms with Crippen molar-refractivity contribution in [3.05, 3.63) is 64.9 Å². The topological polar surface area (TPSA) is 114 Å². The van der Waals surface area contributed by atoms with Crippen LogP contribution in [0.25, 0.3) is 0 Å². The van der Waals surface area contributed by atoms with Crippen molar-refractivity contribution < 1.29 is 22.7 Å². The van der Waals surface area contributed by atoms with Gasteiger partial charge in [-0.15, -0.1) is 0 Å². The van der Waals surface area contributed by atoms with Gasteiger partial charge in [-0.25, -0.2) is 18.4 Å². The zero-order chi connectivity index (χ0) is 25.9. The Morgan fingerprint density at radius 2 is 1.67 bits per heavy atom. The molecule has 0 saturated carbocycles. The molecular weight excluding hydrogens is 506 g/mol. The molecule has 1 amide bonds. The maximum atomic E-state index is 13.3. The number of halogens is 1. The molecule has 1 N–H and O–H groups in total. The minimum Gasteiger partial charge on any atom is -0.495 e. The third-order valence-electron chi connectivity index (χ3n) is 5.85. The predicted molar refractivity (Wildman–Crippen MR) is 137 cm³/mol. The summed E-state index contributed by atoms with van der Waals surface area (Å²) in [5.41, 5.74) is 1.40. The maximum Gasteiger partial charge on any atom is 0.265 e. The highest BCUT2D eigenvalue weighted by atomic mass is 35.5. The van der Waals surface area contributed by atoms with E-state index in [1.54, 1.807) is 41.6 Å². The predicted octanol–water partition coefficient (Wildman–Crippen LogP) is 3.22. The number of hydrogen-bond acceptors (Lipinski definition) is 8. The first kappa shape index (κ1) is 25.5. The average molecular weight is 532 g/mol. The van der Waals surface area contributed by atoms with E-state index in [1.807, 2.05) is 11.8 Å².